The number of aliphatic hydroxyl groups excluding tert-OH is 1. The molecule has 20 heavy (non-hydrogen) atoms. The van der Waals surface area contributed by atoms with Crippen LogP contribution in [0.3, 0.4) is 0 Å². The third-order valence-electron chi connectivity index (χ3n) is 3.25. The van der Waals surface area contributed by atoms with Gasteiger partial charge < -0.3 is 10.0 Å². The standard InChI is InChI=1S/C14H16N2O4/c17-12-5-3-9-15(10-12)14(18)8-7-11-4-1-2-6-13(11)16(19)20/h1-2,4,6-8,12,17H,3,5,9-10H2/b8-7+/t12-/m1/s1. The normalized spacial score (nSPS) is 19.2. The Morgan fingerprint density at radius 3 is 2.90 bits per heavy atom. The highest BCUT2D eigenvalue weighted by atomic mass is 16.6. The maximum atomic E-state index is 12.0. The molecule has 2 rings (SSSR count). The Labute approximate surface area is 116 Å². The van der Waals surface area contributed by atoms with Gasteiger partial charge >= 0.3 is 0 Å². The summed E-state index contributed by atoms with van der Waals surface area (Å²) in [4.78, 5) is 23.9. The minimum Gasteiger partial charge on any atom is -0.391 e. The van der Waals surface area contributed by atoms with Crippen LogP contribution >= 0.6 is 0 Å². The highest BCUT2D eigenvalue weighted by molar-refractivity contribution is 5.92. The Balaban J connectivity index is 2.09. The number of nitro groups is 1. The molecule has 0 radical (unpaired) electrons. The van der Waals surface area contributed by atoms with Crippen molar-refractivity contribution < 1.29 is 14.8 Å². The molecule has 1 amide bonds. The van der Waals surface area contributed by atoms with E-state index in [0.29, 0.717) is 25.1 Å². The van der Waals surface area contributed by atoms with Crippen LogP contribution in [0.5, 0.6) is 0 Å². The molecule has 106 valence electrons. The lowest BCUT2D eigenvalue weighted by atomic mass is 10.1. The van der Waals surface area contributed by atoms with Crippen LogP contribution in [-0.2, 0) is 4.79 Å². The third kappa shape index (κ3) is 3.42. The molecule has 1 N–H and O–H groups in total. The molecule has 1 fully saturated rings. The molecule has 0 bridgehead atoms. The van der Waals surface area contributed by atoms with Crippen LogP contribution < -0.4 is 0 Å². The van der Waals surface area contributed by atoms with Crippen molar-refractivity contribution in [3.05, 3.63) is 46.0 Å². The van der Waals surface area contributed by atoms with Crippen LogP contribution in [0, 0.1) is 10.1 Å². The second-order valence-electron chi connectivity index (χ2n) is 4.73. The number of β-amino-alcohol motifs (C(OH)–C–C–N with tert-alkyl or cyclic N) is 1. The number of benzene rings is 1. The average Bonchev–Trinajstić information content (AvgIpc) is 2.45. The predicted octanol–water partition coefficient (Wildman–Crippen LogP) is 1.59. The Bertz CT molecular complexity index is 542. The van der Waals surface area contributed by atoms with Gasteiger partial charge in [0, 0.05) is 25.2 Å². The molecular formula is C14H16N2O4. The highest BCUT2D eigenvalue weighted by Gasteiger charge is 2.20. The lowest BCUT2D eigenvalue weighted by Gasteiger charge is -2.29. The van der Waals surface area contributed by atoms with Crippen LogP contribution in [0.25, 0.3) is 6.08 Å². The minimum atomic E-state index is -0.479. The first kappa shape index (κ1) is 14.2. The Morgan fingerprint density at radius 2 is 2.20 bits per heavy atom. The smallest absolute Gasteiger partial charge is 0.276 e. The number of carbonyl (C=O) groups excluding carboxylic acids is 1. The van der Waals surface area contributed by atoms with Crippen molar-refractivity contribution in [3.8, 4) is 0 Å². The maximum Gasteiger partial charge on any atom is 0.276 e. The number of hydrogen-bond donors (Lipinski definition) is 1. The van der Waals surface area contributed by atoms with E-state index in [9.17, 15) is 20.0 Å². The van der Waals surface area contributed by atoms with Crippen molar-refractivity contribution in [3.63, 3.8) is 0 Å². The number of hydrogen-bond acceptors (Lipinski definition) is 4. The zero-order valence-electron chi connectivity index (χ0n) is 10.9. The number of nitro benzene ring substituents is 1. The van der Waals surface area contributed by atoms with Crippen LogP contribution in [0.1, 0.15) is 18.4 Å². The van der Waals surface area contributed by atoms with Crippen molar-refractivity contribution in [2.45, 2.75) is 18.9 Å². The number of aliphatic hydroxyl groups is 1. The van der Waals surface area contributed by atoms with E-state index >= 15 is 0 Å². The summed E-state index contributed by atoms with van der Waals surface area (Å²) in [5.74, 6) is -0.234. The zero-order valence-corrected chi connectivity index (χ0v) is 10.9. The molecule has 1 saturated heterocycles. The molecular weight excluding hydrogens is 260 g/mol. The van der Waals surface area contributed by atoms with Gasteiger partial charge in [0.25, 0.3) is 5.69 Å². The van der Waals surface area contributed by atoms with Gasteiger partial charge in [-0.25, -0.2) is 0 Å². The fourth-order valence-electron chi connectivity index (χ4n) is 2.22. The van der Waals surface area contributed by atoms with Gasteiger partial charge in [-0.2, -0.15) is 0 Å². The second kappa shape index (κ2) is 6.29. The second-order valence-corrected chi connectivity index (χ2v) is 4.73. The molecule has 1 aliphatic heterocycles. The summed E-state index contributed by atoms with van der Waals surface area (Å²) in [6.45, 7) is 0.928. The maximum absolute atomic E-state index is 12.0. The van der Waals surface area contributed by atoms with E-state index in [1.807, 2.05) is 0 Å². The van der Waals surface area contributed by atoms with Crippen molar-refractivity contribution in [1.29, 1.82) is 0 Å². The summed E-state index contributed by atoms with van der Waals surface area (Å²) < 4.78 is 0. The van der Waals surface area contributed by atoms with Gasteiger partial charge in [0.05, 0.1) is 16.6 Å². The lowest BCUT2D eigenvalue weighted by Crippen LogP contribution is -2.41. The number of nitrogens with zero attached hydrogens (tertiary/aromatic N) is 2. The monoisotopic (exact) mass is 276 g/mol. The predicted molar refractivity (Wildman–Crippen MR) is 74.0 cm³/mol. The zero-order chi connectivity index (χ0) is 14.5. The molecule has 1 heterocycles. The van der Waals surface area contributed by atoms with E-state index in [2.05, 4.69) is 0 Å². The van der Waals surface area contributed by atoms with E-state index in [-0.39, 0.29) is 11.6 Å². The van der Waals surface area contributed by atoms with E-state index in [1.54, 1.807) is 23.1 Å². The molecule has 0 spiro atoms. The molecule has 1 aromatic rings. The summed E-state index contributed by atoms with van der Waals surface area (Å²) in [6.07, 6.45) is 3.76. The molecule has 6 nitrogen and oxygen atoms in total. The van der Waals surface area contributed by atoms with Crippen molar-refractivity contribution in [2.75, 3.05) is 13.1 Å². The fraction of sp³-hybridized carbons (Fsp3) is 0.357. The van der Waals surface area contributed by atoms with Crippen molar-refractivity contribution in [2.24, 2.45) is 0 Å². The Kier molecular flexibility index (Phi) is 4.47. The summed E-state index contributed by atoms with van der Waals surface area (Å²) in [5.41, 5.74) is 0.360. The first-order chi connectivity index (χ1) is 9.58. The molecule has 6 heteroatoms. The van der Waals surface area contributed by atoms with Gasteiger partial charge in [0.1, 0.15) is 0 Å². The number of para-hydroxylation sites is 1. The fourth-order valence-corrected chi connectivity index (χ4v) is 2.22. The molecule has 0 aromatic heterocycles. The highest BCUT2D eigenvalue weighted by Crippen LogP contribution is 2.19. The van der Waals surface area contributed by atoms with Gasteiger partial charge in [-0.05, 0) is 25.0 Å². The van der Waals surface area contributed by atoms with Crippen LogP contribution in [0.4, 0.5) is 5.69 Å². The van der Waals surface area contributed by atoms with Gasteiger partial charge in [-0.15, -0.1) is 0 Å². The molecule has 1 aromatic carbocycles. The molecule has 1 atom stereocenters. The first-order valence-corrected chi connectivity index (χ1v) is 6.46. The largest absolute Gasteiger partial charge is 0.391 e. The van der Waals surface area contributed by atoms with Gasteiger partial charge in [-0.3, -0.25) is 14.9 Å². The average molecular weight is 276 g/mol. The number of carbonyl (C=O) groups is 1. The topological polar surface area (TPSA) is 83.7 Å². The van der Waals surface area contributed by atoms with E-state index < -0.39 is 11.0 Å². The first-order valence-electron chi connectivity index (χ1n) is 6.46. The number of piperidine rings is 1. The van der Waals surface area contributed by atoms with Gasteiger partial charge in [0.2, 0.25) is 5.91 Å². The quantitative estimate of drug-likeness (QED) is 0.516. The summed E-state index contributed by atoms with van der Waals surface area (Å²) >= 11 is 0. The number of rotatable bonds is 3. The molecule has 1 aliphatic rings. The van der Waals surface area contributed by atoms with Crippen LogP contribution in [-0.4, -0.2) is 40.0 Å². The molecule has 0 unspecified atom stereocenters. The number of amides is 1. The lowest BCUT2D eigenvalue weighted by molar-refractivity contribution is -0.385. The summed E-state index contributed by atoms with van der Waals surface area (Å²) in [7, 11) is 0. The minimum absolute atomic E-state index is 0.0322. The third-order valence-corrected chi connectivity index (χ3v) is 3.25. The van der Waals surface area contributed by atoms with Crippen molar-refractivity contribution >= 4 is 17.7 Å². The van der Waals surface area contributed by atoms with E-state index in [1.165, 1.54) is 18.2 Å². The SMILES string of the molecule is O=C(/C=C/c1ccccc1[N+](=O)[O-])N1CCC[C@@H](O)C1. The molecule has 0 aliphatic carbocycles. The van der Waals surface area contributed by atoms with Gasteiger partial charge in [0.15, 0.2) is 0 Å². The summed E-state index contributed by atoms with van der Waals surface area (Å²) in [6, 6.07) is 6.25. The Hall–Kier alpha value is -2.21. The molecule has 0 saturated carbocycles. The van der Waals surface area contributed by atoms with Crippen LogP contribution in [0.15, 0.2) is 30.3 Å². The summed E-state index contributed by atoms with van der Waals surface area (Å²) in [5, 5.41) is 20.4. The number of likely N-dealkylation sites (tertiary alicyclic amines) is 1. The van der Waals surface area contributed by atoms with E-state index in [0.717, 1.165) is 6.42 Å². The van der Waals surface area contributed by atoms with Crippen LogP contribution in [0.2, 0.25) is 0 Å². The van der Waals surface area contributed by atoms with E-state index in [4.69, 9.17) is 0 Å². The van der Waals surface area contributed by atoms with Gasteiger partial charge in [-0.1, -0.05) is 12.1 Å². The Morgan fingerprint density at radius 1 is 1.45 bits per heavy atom. The van der Waals surface area contributed by atoms with Crippen molar-refractivity contribution in [1.82, 2.24) is 4.90 Å².